The highest BCUT2D eigenvalue weighted by Gasteiger charge is 2.70. The second-order valence-electron chi connectivity index (χ2n) is 7.87. The molecule has 0 radical (unpaired) electrons. The molecule has 0 saturated carbocycles. The van der Waals surface area contributed by atoms with Gasteiger partial charge in [-0.2, -0.15) is 0 Å². The summed E-state index contributed by atoms with van der Waals surface area (Å²) in [6, 6.07) is 6.46. The third-order valence-corrected chi connectivity index (χ3v) is 6.39. The van der Waals surface area contributed by atoms with E-state index in [2.05, 4.69) is 10.6 Å². The maximum atomic E-state index is 13.4. The zero-order valence-electron chi connectivity index (χ0n) is 15.9. The standard InChI is InChI=1S/C20H24N4O4/c1-3-10(2)24-17(26)15-13(8-9-14(21)25)23-20(16(15)18(24)27)11-6-4-5-7-12(11)22-19(20)28/h4-7,10,13,15-16,23H,3,8-9H2,1-2H3,(H2,21,25)(H,22,28). The first kappa shape index (κ1) is 18.6. The molecule has 5 unspecified atom stereocenters. The van der Waals surface area contributed by atoms with E-state index in [0.29, 0.717) is 24.1 Å². The minimum atomic E-state index is -1.31. The third kappa shape index (κ3) is 2.33. The van der Waals surface area contributed by atoms with Crippen LogP contribution in [0.4, 0.5) is 5.69 Å². The Bertz CT molecular complexity index is 885. The molecule has 2 saturated heterocycles. The number of likely N-dealkylation sites (tertiary alicyclic amines) is 1. The summed E-state index contributed by atoms with van der Waals surface area (Å²) in [6.07, 6.45) is 0.998. The topological polar surface area (TPSA) is 122 Å². The minimum absolute atomic E-state index is 0.0744. The van der Waals surface area contributed by atoms with Crippen LogP contribution in [0, 0.1) is 11.8 Å². The summed E-state index contributed by atoms with van der Waals surface area (Å²) in [7, 11) is 0. The Morgan fingerprint density at radius 1 is 1.25 bits per heavy atom. The minimum Gasteiger partial charge on any atom is -0.370 e. The number of hydrogen-bond acceptors (Lipinski definition) is 5. The first-order chi connectivity index (χ1) is 13.3. The van der Waals surface area contributed by atoms with Crippen LogP contribution in [-0.2, 0) is 24.7 Å². The second-order valence-corrected chi connectivity index (χ2v) is 7.87. The lowest BCUT2D eigenvalue weighted by Crippen LogP contribution is -2.54. The van der Waals surface area contributed by atoms with Gasteiger partial charge in [0.15, 0.2) is 0 Å². The number of nitrogens with zero attached hydrogens (tertiary/aromatic N) is 1. The van der Waals surface area contributed by atoms with Crippen molar-refractivity contribution in [3.63, 3.8) is 0 Å². The van der Waals surface area contributed by atoms with Gasteiger partial charge < -0.3 is 11.1 Å². The molecule has 3 heterocycles. The summed E-state index contributed by atoms with van der Waals surface area (Å²) in [5.74, 6) is -2.96. The van der Waals surface area contributed by atoms with Crippen molar-refractivity contribution >= 4 is 29.3 Å². The fraction of sp³-hybridized carbons (Fsp3) is 0.500. The van der Waals surface area contributed by atoms with E-state index in [9.17, 15) is 19.2 Å². The molecule has 1 aromatic carbocycles. The van der Waals surface area contributed by atoms with Crippen molar-refractivity contribution in [2.24, 2.45) is 17.6 Å². The number of primary amides is 1. The molecule has 1 aromatic rings. The highest BCUT2D eigenvalue weighted by molar-refractivity contribution is 6.15. The van der Waals surface area contributed by atoms with Crippen LogP contribution < -0.4 is 16.4 Å². The lowest BCUT2D eigenvalue weighted by atomic mass is 9.76. The fourth-order valence-electron chi connectivity index (χ4n) is 4.94. The molecule has 4 amide bonds. The van der Waals surface area contributed by atoms with Crippen LogP contribution >= 0.6 is 0 Å². The molecular formula is C20H24N4O4. The second kappa shape index (κ2) is 6.41. The fourth-order valence-corrected chi connectivity index (χ4v) is 4.94. The van der Waals surface area contributed by atoms with Crippen molar-refractivity contribution in [1.29, 1.82) is 0 Å². The van der Waals surface area contributed by atoms with Gasteiger partial charge in [-0.1, -0.05) is 25.1 Å². The predicted molar refractivity (Wildman–Crippen MR) is 101 cm³/mol. The average molecular weight is 384 g/mol. The summed E-state index contributed by atoms with van der Waals surface area (Å²) in [4.78, 5) is 52.4. The Hall–Kier alpha value is -2.74. The third-order valence-electron chi connectivity index (χ3n) is 6.39. The van der Waals surface area contributed by atoms with E-state index in [0.717, 1.165) is 0 Å². The summed E-state index contributed by atoms with van der Waals surface area (Å²) in [6.45, 7) is 3.74. The Kier molecular flexibility index (Phi) is 4.26. The number of amides is 4. The number of benzene rings is 1. The van der Waals surface area contributed by atoms with E-state index in [1.54, 1.807) is 12.1 Å². The van der Waals surface area contributed by atoms with E-state index in [1.807, 2.05) is 26.0 Å². The van der Waals surface area contributed by atoms with Gasteiger partial charge in [0.2, 0.25) is 23.6 Å². The number of para-hydroxylation sites is 1. The van der Waals surface area contributed by atoms with Crippen molar-refractivity contribution < 1.29 is 19.2 Å². The van der Waals surface area contributed by atoms with Gasteiger partial charge in [0.05, 0.1) is 11.8 Å². The van der Waals surface area contributed by atoms with Crippen LogP contribution in [0.2, 0.25) is 0 Å². The van der Waals surface area contributed by atoms with Crippen molar-refractivity contribution in [2.45, 2.75) is 50.7 Å². The van der Waals surface area contributed by atoms with Crippen molar-refractivity contribution in [1.82, 2.24) is 10.2 Å². The Morgan fingerprint density at radius 3 is 2.64 bits per heavy atom. The lowest BCUT2D eigenvalue weighted by molar-refractivity contribution is -0.145. The molecule has 5 atom stereocenters. The molecule has 2 fully saturated rings. The summed E-state index contributed by atoms with van der Waals surface area (Å²) >= 11 is 0. The van der Waals surface area contributed by atoms with Crippen molar-refractivity contribution in [3.05, 3.63) is 29.8 Å². The highest BCUT2D eigenvalue weighted by atomic mass is 16.2. The summed E-state index contributed by atoms with van der Waals surface area (Å²) in [5, 5.41) is 6.13. The van der Waals surface area contributed by atoms with Gasteiger partial charge >= 0.3 is 0 Å². The highest BCUT2D eigenvalue weighted by Crippen LogP contribution is 2.53. The molecule has 28 heavy (non-hydrogen) atoms. The number of hydrogen-bond donors (Lipinski definition) is 3. The molecule has 8 nitrogen and oxygen atoms in total. The Labute approximate surface area is 162 Å². The summed E-state index contributed by atoms with van der Waals surface area (Å²) in [5.41, 5.74) is 5.31. The molecule has 3 aliphatic rings. The number of rotatable bonds is 5. The van der Waals surface area contributed by atoms with Crippen molar-refractivity contribution in [3.8, 4) is 0 Å². The van der Waals surface area contributed by atoms with Gasteiger partial charge in [0.1, 0.15) is 5.54 Å². The van der Waals surface area contributed by atoms with Crippen LogP contribution in [0.15, 0.2) is 24.3 Å². The maximum absolute atomic E-state index is 13.4. The molecule has 0 aliphatic carbocycles. The van der Waals surface area contributed by atoms with Crippen LogP contribution in [0.1, 0.15) is 38.7 Å². The predicted octanol–water partition coefficient (Wildman–Crippen LogP) is 0.471. The smallest absolute Gasteiger partial charge is 0.250 e. The molecule has 0 bridgehead atoms. The SMILES string of the molecule is CCC(C)N1C(=O)C2C(CCC(N)=O)NC3(C(=O)Nc4ccccc43)C2C1=O. The lowest BCUT2D eigenvalue weighted by Gasteiger charge is -2.31. The van der Waals surface area contributed by atoms with Crippen LogP contribution in [0.5, 0.6) is 0 Å². The maximum Gasteiger partial charge on any atom is 0.250 e. The zero-order chi connectivity index (χ0) is 20.2. The number of nitrogens with one attached hydrogen (secondary N) is 2. The van der Waals surface area contributed by atoms with Gasteiger partial charge in [0.25, 0.3) is 0 Å². The van der Waals surface area contributed by atoms with Crippen LogP contribution in [0.3, 0.4) is 0 Å². The van der Waals surface area contributed by atoms with Gasteiger partial charge in [-0.3, -0.25) is 29.4 Å². The molecule has 3 aliphatic heterocycles. The van der Waals surface area contributed by atoms with Gasteiger partial charge in [-0.15, -0.1) is 0 Å². The Morgan fingerprint density at radius 2 is 1.96 bits per heavy atom. The molecule has 1 spiro atoms. The van der Waals surface area contributed by atoms with Gasteiger partial charge in [-0.05, 0) is 25.8 Å². The van der Waals surface area contributed by atoms with Gasteiger partial charge in [0, 0.05) is 29.8 Å². The van der Waals surface area contributed by atoms with Gasteiger partial charge in [-0.25, -0.2) is 0 Å². The Balaban J connectivity index is 1.83. The molecule has 8 heteroatoms. The number of fused-ring (bicyclic) bond motifs is 4. The molecular weight excluding hydrogens is 360 g/mol. The first-order valence-corrected chi connectivity index (χ1v) is 9.66. The van der Waals surface area contributed by atoms with E-state index in [1.165, 1.54) is 4.90 Å². The summed E-state index contributed by atoms with van der Waals surface area (Å²) < 4.78 is 0. The molecule has 0 aromatic heterocycles. The number of nitrogens with two attached hydrogens (primary N) is 1. The number of carbonyl (C=O) groups excluding carboxylic acids is 4. The van der Waals surface area contributed by atoms with Crippen LogP contribution in [0.25, 0.3) is 0 Å². The zero-order valence-corrected chi connectivity index (χ0v) is 15.9. The largest absolute Gasteiger partial charge is 0.370 e. The normalized spacial score (nSPS) is 31.9. The monoisotopic (exact) mass is 384 g/mol. The number of imide groups is 1. The molecule has 4 rings (SSSR count). The first-order valence-electron chi connectivity index (χ1n) is 9.66. The quantitative estimate of drug-likeness (QED) is 0.637. The van der Waals surface area contributed by atoms with E-state index in [4.69, 9.17) is 5.73 Å². The van der Waals surface area contributed by atoms with Crippen LogP contribution in [-0.4, -0.2) is 40.6 Å². The van der Waals surface area contributed by atoms with Crippen molar-refractivity contribution in [2.75, 3.05) is 5.32 Å². The molecule has 4 N–H and O–H groups in total. The number of carbonyl (C=O) groups is 4. The molecule has 148 valence electrons. The van der Waals surface area contributed by atoms with E-state index in [-0.39, 0.29) is 30.2 Å². The number of anilines is 1. The van der Waals surface area contributed by atoms with E-state index >= 15 is 0 Å². The average Bonchev–Trinajstić information content (AvgIpc) is 3.24. The van der Waals surface area contributed by atoms with E-state index < -0.39 is 29.3 Å².